The molecule has 0 aliphatic heterocycles. The van der Waals surface area contributed by atoms with Crippen LogP contribution in [0.1, 0.15) is 22.9 Å². The van der Waals surface area contributed by atoms with Crippen LogP contribution in [0.25, 0.3) is 0 Å². The molecule has 0 aliphatic carbocycles. The Labute approximate surface area is 123 Å². The Bertz CT molecular complexity index is 734. The van der Waals surface area contributed by atoms with E-state index in [4.69, 9.17) is 5.73 Å². The third kappa shape index (κ3) is 2.96. The molecule has 0 amide bonds. The van der Waals surface area contributed by atoms with E-state index >= 15 is 0 Å². The molecule has 4 nitrogen and oxygen atoms in total. The van der Waals surface area contributed by atoms with Crippen LogP contribution in [0, 0.1) is 13.8 Å². The summed E-state index contributed by atoms with van der Waals surface area (Å²) in [4.78, 5) is 1.04. The predicted octanol–water partition coefficient (Wildman–Crippen LogP) is 3.31. The zero-order valence-corrected chi connectivity index (χ0v) is 13.4. The van der Waals surface area contributed by atoms with Crippen LogP contribution in [0.3, 0.4) is 0 Å². The smallest absolute Gasteiger partial charge is 0.271 e. The molecule has 0 spiro atoms. The van der Waals surface area contributed by atoms with Crippen molar-refractivity contribution in [2.24, 2.45) is 0 Å². The lowest BCUT2D eigenvalue weighted by atomic mass is 10.1. The van der Waals surface area contributed by atoms with E-state index in [9.17, 15) is 8.42 Å². The highest BCUT2D eigenvalue weighted by molar-refractivity contribution is 7.94. The lowest BCUT2D eigenvalue weighted by Gasteiger charge is -2.11. The van der Waals surface area contributed by atoms with E-state index in [1.165, 1.54) is 11.3 Å². The molecule has 3 N–H and O–H groups in total. The van der Waals surface area contributed by atoms with Crippen LogP contribution < -0.4 is 10.5 Å². The zero-order valence-electron chi connectivity index (χ0n) is 11.7. The van der Waals surface area contributed by atoms with E-state index in [-0.39, 0.29) is 0 Å². The Hall–Kier alpha value is -1.53. The molecule has 6 heteroatoms. The van der Waals surface area contributed by atoms with E-state index in [1.807, 2.05) is 26.8 Å². The van der Waals surface area contributed by atoms with Crippen molar-refractivity contribution in [3.63, 3.8) is 0 Å². The van der Waals surface area contributed by atoms with Gasteiger partial charge in [0.2, 0.25) is 0 Å². The van der Waals surface area contributed by atoms with Crippen molar-refractivity contribution < 1.29 is 8.42 Å². The molecule has 108 valence electrons. The van der Waals surface area contributed by atoms with Gasteiger partial charge in [0.05, 0.1) is 11.4 Å². The van der Waals surface area contributed by atoms with Crippen molar-refractivity contribution in [3.8, 4) is 0 Å². The van der Waals surface area contributed by atoms with Crippen LogP contribution in [0.2, 0.25) is 0 Å². The summed E-state index contributed by atoms with van der Waals surface area (Å²) in [5.41, 5.74) is 8.78. The number of aryl methyl sites for hydroxylation is 3. The largest absolute Gasteiger partial charge is 0.397 e. The lowest BCUT2D eigenvalue weighted by Crippen LogP contribution is -2.13. The minimum atomic E-state index is -3.57. The Morgan fingerprint density at radius 3 is 2.45 bits per heavy atom. The number of nitrogens with two attached hydrogens (primary N) is 1. The number of benzene rings is 1. The van der Waals surface area contributed by atoms with Gasteiger partial charge < -0.3 is 5.73 Å². The van der Waals surface area contributed by atoms with E-state index in [2.05, 4.69) is 4.72 Å². The average molecular weight is 310 g/mol. The summed E-state index contributed by atoms with van der Waals surface area (Å²) < 4.78 is 27.5. The molecule has 0 saturated heterocycles. The quantitative estimate of drug-likeness (QED) is 0.851. The van der Waals surface area contributed by atoms with Crippen LogP contribution in [0.4, 0.5) is 11.4 Å². The summed E-state index contributed by atoms with van der Waals surface area (Å²) >= 11 is 1.28. The van der Waals surface area contributed by atoms with E-state index in [1.54, 1.807) is 18.2 Å². The molecule has 0 saturated carbocycles. The van der Waals surface area contributed by atoms with E-state index < -0.39 is 10.0 Å². The van der Waals surface area contributed by atoms with Crippen LogP contribution in [-0.2, 0) is 16.4 Å². The third-order valence-corrected chi connectivity index (χ3v) is 6.25. The summed E-state index contributed by atoms with van der Waals surface area (Å²) in [7, 11) is -3.57. The Balaban J connectivity index is 2.35. The fourth-order valence-electron chi connectivity index (χ4n) is 1.81. The second-order valence-electron chi connectivity index (χ2n) is 4.70. The van der Waals surface area contributed by atoms with Crippen molar-refractivity contribution in [2.45, 2.75) is 31.4 Å². The topological polar surface area (TPSA) is 72.2 Å². The fourth-order valence-corrected chi connectivity index (χ4v) is 4.19. The van der Waals surface area contributed by atoms with Crippen molar-refractivity contribution >= 4 is 32.7 Å². The highest BCUT2D eigenvalue weighted by Crippen LogP contribution is 2.28. The van der Waals surface area contributed by atoms with Gasteiger partial charge in [-0.2, -0.15) is 0 Å². The molecule has 0 bridgehead atoms. The van der Waals surface area contributed by atoms with Gasteiger partial charge in [-0.3, -0.25) is 4.72 Å². The highest BCUT2D eigenvalue weighted by Gasteiger charge is 2.18. The molecular weight excluding hydrogens is 292 g/mol. The van der Waals surface area contributed by atoms with Gasteiger partial charge in [-0.25, -0.2) is 8.42 Å². The predicted molar refractivity (Wildman–Crippen MR) is 84.8 cm³/mol. The highest BCUT2D eigenvalue weighted by atomic mass is 32.2. The minimum Gasteiger partial charge on any atom is -0.397 e. The first-order chi connectivity index (χ1) is 9.33. The van der Waals surface area contributed by atoms with Gasteiger partial charge in [0, 0.05) is 4.88 Å². The monoisotopic (exact) mass is 310 g/mol. The Morgan fingerprint density at radius 1 is 1.20 bits per heavy atom. The van der Waals surface area contributed by atoms with Crippen molar-refractivity contribution in [2.75, 3.05) is 10.5 Å². The van der Waals surface area contributed by atoms with E-state index in [0.717, 1.165) is 22.4 Å². The molecular formula is C14H18N2O2S2. The minimum absolute atomic E-state index is 0.312. The summed E-state index contributed by atoms with van der Waals surface area (Å²) in [6.07, 6.45) is 0.825. The standard InChI is InChI=1S/C14H18N2O2S2/c1-4-11-5-6-14(19-11)20(17,18)16-13-8-10(3)9(2)7-12(13)15/h5-8,16H,4,15H2,1-3H3. The normalized spacial score (nSPS) is 11.6. The lowest BCUT2D eigenvalue weighted by molar-refractivity contribution is 0.603. The van der Waals surface area contributed by atoms with Gasteiger partial charge in [0.25, 0.3) is 10.0 Å². The molecule has 2 aromatic rings. The summed E-state index contributed by atoms with van der Waals surface area (Å²) in [5.74, 6) is 0. The summed E-state index contributed by atoms with van der Waals surface area (Å²) in [5, 5.41) is 0. The molecule has 2 rings (SSSR count). The number of thiophene rings is 1. The van der Waals surface area contributed by atoms with Crippen molar-refractivity contribution in [1.29, 1.82) is 0 Å². The van der Waals surface area contributed by atoms with Gasteiger partial charge >= 0.3 is 0 Å². The molecule has 0 unspecified atom stereocenters. The van der Waals surface area contributed by atoms with Gasteiger partial charge in [-0.1, -0.05) is 6.92 Å². The van der Waals surface area contributed by atoms with Gasteiger partial charge in [-0.05, 0) is 55.7 Å². The van der Waals surface area contributed by atoms with Gasteiger partial charge in [-0.15, -0.1) is 11.3 Å². The first-order valence-electron chi connectivity index (χ1n) is 6.31. The molecule has 0 atom stereocenters. The second-order valence-corrected chi connectivity index (χ2v) is 7.78. The summed E-state index contributed by atoms with van der Waals surface area (Å²) in [6, 6.07) is 7.00. The maximum Gasteiger partial charge on any atom is 0.271 e. The van der Waals surface area contributed by atoms with Gasteiger partial charge in [0.1, 0.15) is 4.21 Å². The van der Waals surface area contributed by atoms with Crippen LogP contribution in [0.15, 0.2) is 28.5 Å². The zero-order chi connectivity index (χ0) is 14.9. The molecule has 1 aromatic carbocycles. The SMILES string of the molecule is CCc1ccc(S(=O)(=O)Nc2cc(C)c(C)cc2N)s1. The molecule has 1 heterocycles. The summed E-state index contributed by atoms with van der Waals surface area (Å²) in [6.45, 7) is 5.86. The third-order valence-electron chi connectivity index (χ3n) is 3.16. The maximum absolute atomic E-state index is 12.3. The number of sulfonamides is 1. The number of rotatable bonds is 4. The molecule has 1 aromatic heterocycles. The number of anilines is 2. The van der Waals surface area contributed by atoms with Gasteiger partial charge in [0.15, 0.2) is 0 Å². The van der Waals surface area contributed by atoms with Crippen molar-refractivity contribution in [3.05, 3.63) is 40.3 Å². The fraction of sp³-hybridized carbons (Fsp3) is 0.286. The molecule has 0 aliphatic rings. The van der Waals surface area contributed by atoms with E-state index in [0.29, 0.717) is 15.6 Å². The maximum atomic E-state index is 12.3. The first kappa shape index (κ1) is 14.9. The Kier molecular flexibility index (Phi) is 4.06. The number of nitrogens with one attached hydrogen (secondary N) is 1. The molecule has 0 fully saturated rings. The van der Waals surface area contributed by atoms with Crippen LogP contribution in [0.5, 0.6) is 0 Å². The number of hydrogen-bond acceptors (Lipinski definition) is 4. The Morgan fingerprint density at radius 2 is 1.85 bits per heavy atom. The van der Waals surface area contributed by atoms with Crippen LogP contribution in [-0.4, -0.2) is 8.42 Å². The first-order valence-corrected chi connectivity index (χ1v) is 8.61. The van der Waals surface area contributed by atoms with Crippen LogP contribution >= 0.6 is 11.3 Å². The number of nitrogen functional groups attached to an aromatic ring is 1. The van der Waals surface area contributed by atoms with Crippen molar-refractivity contribution in [1.82, 2.24) is 0 Å². The second kappa shape index (κ2) is 5.46. The molecule has 0 radical (unpaired) electrons. The number of hydrogen-bond donors (Lipinski definition) is 2. The average Bonchev–Trinajstić information content (AvgIpc) is 2.85. The molecule has 20 heavy (non-hydrogen) atoms.